The maximum absolute atomic E-state index is 12.7. The van der Waals surface area contributed by atoms with Crippen LogP contribution < -0.4 is 20.9 Å². The van der Waals surface area contributed by atoms with E-state index in [9.17, 15) is 4.79 Å². The Bertz CT molecular complexity index is 990. The monoisotopic (exact) mass is 464 g/mol. The summed E-state index contributed by atoms with van der Waals surface area (Å²) in [6.07, 6.45) is 10.0. The minimum Gasteiger partial charge on any atom is -0.362 e. The maximum atomic E-state index is 12.7. The number of hydrogen-bond donors (Lipinski definition) is 2. The van der Waals surface area contributed by atoms with Crippen molar-refractivity contribution in [3.63, 3.8) is 0 Å². The van der Waals surface area contributed by atoms with Crippen molar-refractivity contribution in [1.82, 2.24) is 9.97 Å². The third-order valence-corrected chi connectivity index (χ3v) is 7.42. The van der Waals surface area contributed by atoms with Crippen LogP contribution in [0.1, 0.15) is 74.8 Å². The number of aryl methyl sites for hydroxylation is 3. The van der Waals surface area contributed by atoms with Crippen molar-refractivity contribution >= 4 is 23.5 Å². The largest absolute Gasteiger partial charge is 0.362 e. The highest BCUT2D eigenvalue weighted by molar-refractivity contribution is 5.93. The van der Waals surface area contributed by atoms with Gasteiger partial charge < -0.3 is 16.0 Å². The number of fused-ring (bicyclic) bond motifs is 1. The van der Waals surface area contributed by atoms with Crippen LogP contribution in [0.25, 0.3) is 0 Å². The third-order valence-electron chi connectivity index (χ3n) is 7.42. The Hall–Kier alpha value is -2.83. The van der Waals surface area contributed by atoms with Crippen LogP contribution in [0.4, 0.5) is 22.2 Å². The number of anilines is 3. The van der Waals surface area contributed by atoms with E-state index >= 15 is 0 Å². The van der Waals surface area contributed by atoms with Gasteiger partial charge in [-0.25, -0.2) is 9.78 Å². The van der Waals surface area contributed by atoms with Gasteiger partial charge in [0.25, 0.3) is 0 Å². The number of nitrogens with zero attached hydrogens (tertiary/aromatic N) is 4. The predicted molar refractivity (Wildman–Crippen MR) is 140 cm³/mol. The van der Waals surface area contributed by atoms with E-state index < -0.39 is 0 Å². The molecule has 1 aromatic heterocycles. The second-order valence-corrected chi connectivity index (χ2v) is 9.89. The van der Waals surface area contributed by atoms with E-state index in [4.69, 9.17) is 15.7 Å². The van der Waals surface area contributed by atoms with Crippen LogP contribution in [0, 0.1) is 0 Å². The molecule has 0 radical (unpaired) electrons. The topological polar surface area (TPSA) is 87.4 Å². The van der Waals surface area contributed by atoms with Gasteiger partial charge in [-0.3, -0.25) is 4.90 Å². The molecule has 0 saturated heterocycles. The summed E-state index contributed by atoms with van der Waals surface area (Å²) in [4.78, 5) is 26.4. The van der Waals surface area contributed by atoms with Gasteiger partial charge in [0.2, 0.25) is 5.95 Å². The second kappa shape index (κ2) is 10.6. The van der Waals surface area contributed by atoms with E-state index in [1.807, 2.05) is 4.90 Å². The van der Waals surface area contributed by atoms with E-state index in [1.165, 1.54) is 35.2 Å². The number of amides is 2. The highest BCUT2D eigenvalue weighted by Crippen LogP contribution is 2.34. The molecule has 2 amide bonds. The number of nitrogens with two attached hydrogens (primary N) is 1. The molecule has 0 atom stereocenters. The first-order valence-electron chi connectivity index (χ1n) is 13.0. The second-order valence-electron chi connectivity index (χ2n) is 9.89. The molecule has 0 spiro atoms. The van der Waals surface area contributed by atoms with Crippen molar-refractivity contribution < 1.29 is 4.79 Å². The molecule has 34 heavy (non-hydrogen) atoms. The first-order valence-corrected chi connectivity index (χ1v) is 13.0. The quantitative estimate of drug-likeness (QED) is 0.611. The summed E-state index contributed by atoms with van der Waals surface area (Å²) in [6.45, 7) is 4.28. The number of carbonyl (C=O) groups excluding carboxylic acids is 1. The van der Waals surface area contributed by atoms with E-state index in [-0.39, 0.29) is 12.1 Å². The Morgan fingerprint density at radius 3 is 2.26 bits per heavy atom. The van der Waals surface area contributed by atoms with E-state index in [1.54, 1.807) is 0 Å². The Kier molecular flexibility index (Phi) is 7.59. The minimum atomic E-state index is -0.347. The van der Waals surface area contributed by atoms with Gasteiger partial charge in [0.1, 0.15) is 5.82 Å². The van der Waals surface area contributed by atoms with Crippen LogP contribution in [0.3, 0.4) is 0 Å². The Labute approximate surface area is 204 Å². The van der Waals surface area contributed by atoms with Crippen LogP contribution in [-0.4, -0.2) is 42.2 Å². The van der Waals surface area contributed by atoms with Crippen molar-refractivity contribution in [2.75, 3.05) is 29.2 Å². The van der Waals surface area contributed by atoms with E-state index in [0.717, 1.165) is 68.8 Å². The number of primary amides is 1. The van der Waals surface area contributed by atoms with E-state index in [0.29, 0.717) is 6.04 Å². The average Bonchev–Trinajstić information content (AvgIpc) is 2.84. The van der Waals surface area contributed by atoms with Gasteiger partial charge in [0.15, 0.2) is 0 Å². The van der Waals surface area contributed by atoms with Crippen LogP contribution in [0.2, 0.25) is 0 Å². The zero-order valence-corrected chi connectivity index (χ0v) is 21.2. The van der Waals surface area contributed by atoms with Crippen LogP contribution in [0.5, 0.6) is 0 Å². The summed E-state index contributed by atoms with van der Waals surface area (Å²) in [5.74, 6) is 1.79. The zero-order valence-electron chi connectivity index (χ0n) is 21.2. The highest BCUT2D eigenvalue weighted by Gasteiger charge is 2.31. The Morgan fingerprint density at radius 1 is 1.03 bits per heavy atom. The lowest BCUT2D eigenvalue weighted by atomic mass is 9.89. The van der Waals surface area contributed by atoms with Gasteiger partial charge >= 0.3 is 6.03 Å². The van der Waals surface area contributed by atoms with Gasteiger partial charge in [-0.2, -0.15) is 4.98 Å². The maximum Gasteiger partial charge on any atom is 0.319 e. The minimum absolute atomic E-state index is 0.121. The van der Waals surface area contributed by atoms with Crippen molar-refractivity contribution in [1.29, 1.82) is 0 Å². The SMILES string of the molecule is CCc1cccc(CC)c1N(C(N)=O)C1CCC(Nc2nc3c(c(N(C)C)n2)CCCC3)CC1. The number of rotatable bonds is 7. The summed E-state index contributed by atoms with van der Waals surface area (Å²) in [7, 11) is 4.12. The average molecular weight is 465 g/mol. The van der Waals surface area contributed by atoms with Crippen LogP contribution in [-0.2, 0) is 25.7 Å². The molecule has 1 aromatic carbocycles. The number of para-hydroxylation sites is 1. The number of carbonyl (C=O) groups is 1. The molecule has 7 heteroatoms. The molecule has 2 aromatic rings. The lowest BCUT2D eigenvalue weighted by molar-refractivity contribution is 0.248. The molecule has 3 N–H and O–H groups in total. The summed E-state index contributed by atoms with van der Waals surface area (Å²) < 4.78 is 0. The molecule has 0 bridgehead atoms. The molecule has 2 aliphatic carbocycles. The number of nitrogens with one attached hydrogen (secondary N) is 1. The molecule has 0 aliphatic heterocycles. The fourth-order valence-corrected chi connectivity index (χ4v) is 5.67. The van der Waals surface area contributed by atoms with Gasteiger partial charge in [-0.1, -0.05) is 32.0 Å². The summed E-state index contributed by atoms with van der Waals surface area (Å²) in [5, 5.41) is 3.62. The number of aromatic nitrogens is 2. The number of hydrogen-bond acceptors (Lipinski definition) is 5. The first kappa shape index (κ1) is 24.3. The van der Waals surface area contributed by atoms with Crippen LogP contribution in [0.15, 0.2) is 18.2 Å². The lowest BCUT2D eigenvalue weighted by Gasteiger charge is -2.38. The Morgan fingerprint density at radius 2 is 1.68 bits per heavy atom. The highest BCUT2D eigenvalue weighted by atomic mass is 16.2. The molecule has 1 heterocycles. The fourth-order valence-electron chi connectivity index (χ4n) is 5.67. The van der Waals surface area contributed by atoms with E-state index in [2.05, 4.69) is 56.4 Å². The molecule has 1 fully saturated rings. The smallest absolute Gasteiger partial charge is 0.319 e. The molecule has 184 valence electrons. The van der Waals surface area contributed by atoms with Gasteiger partial charge in [-0.05, 0) is 75.3 Å². The summed E-state index contributed by atoms with van der Waals surface area (Å²) in [5.41, 5.74) is 11.9. The normalized spacial score (nSPS) is 19.9. The van der Waals surface area contributed by atoms with Crippen LogP contribution >= 0.6 is 0 Å². The molecular formula is C27H40N6O. The number of urea groups is 1. The predicted octanol–water partition coefficient (Wildman–Crippen LogP) is 4.85. The molecule has 2 aliphatic rings. The first-order chi connectivity index (χ1) is 16.4. The van der Waals surface area contributed by atoms with Crippen molar-refractivity contribution in [2.24, 2.45) is 5.73 Å². The summed E-state index contributed by atoms with van der Waals surface area (Å²) in [6, 6.07) is 6.40. The van der Waals surface area contributed by atoms with Gasteiger partial charge in [0.05, 0.1) is 11.4 Å². The number of benzene rings is 1. The molecule has 0 unspecified atom stereocenters. The molecule has 7 nitrogen and oxygen atoms in total. The lowest BCUT2D eigenvalue weighted by Crippen LogP contribution is -2.47. The standard InChI is InChI=1S/C27H40N6O/c1-5-18-10-9-11-19(6-2)24(18)33(26(28)34)21-16-14-20(15-17-21)29-27-30-23-13-8-7-12-22(23)25(31-27)32(3)4/h9-11,20-21H,5-8,12-17H2,1-4H3,(H2,28,34)(H,29,30,31). The molecule has 4 rings (SSSR count). The zero-order chi connectivity index (χ0) is 24.2. The van der Waals surface area contributed by atoms with Crippen molar-refractivity contribution in [2.45, 2.75) is 90.1 Å². The molecule has 1 saturated carbocycles. The summed E-state index contributed by atoms with van der Waals surface area (Å²) >= 11 is 0. The van der Waals surface area contributed by atoms with Crippen molar-refractivity contribution in [3.05, 3.63) is 40.6 Å². The third kappa shape index (κ3) is 4.98. The molecular weight excluding hydrogens is 424 g/mol. The Balaban J connectivity index is 1.49. The van der Waals surface area contributed by atoms with Gasteiger partial charge in [0, 0.05) is 31.7 Å². The fraction of sp³-hybridized carbons (Fsp3) is 0.593. The van der Waals surface area contributed by atoms with Gasteiger partial charge in [-0.15, -0.1) is 0 Å². The van der Waals surface area contributed by atoms with Crippen molar-refractivity contribution in [3.8, 4) is 0 Å².